The summed E-state index contributed by atoms with van der Waals surface area (Å²) in [5, 5.41) is 0. The van der Waals surface area contributed by atoms with E-state index in [9.17, 15) is 8.42 Å². The Labute approximate surface area is 151 Å². The van der Waals surface area contributed by atoms with E-state index < -0.39 is 10.0 Å². The van der Waals surface area contributed by atoms with Gasteiger partial charge in [0.25, 0.3) is 0 Å². The van der Waals surface area contributed by atoms with Gasteiger partial charge < -0.3 is 0 Å². The van der Waals surface area contributed by atoms with Crippen molar-refractivity contribution >= 4 is 10.0 Å². The van der Waals surface area contributed by atoms with Crippen LogP contribution in [0.4, 0.5) is 0 Å². The Balaban J connectivity index is 1.99. The maximum absolute atomic E-state index is 13.3. The fraction of sp³-hybridized carbons (Fsp3) is 0.333. The lowest BCUT2D eigenvalue weighted by Gasteiger charge is -2.29. The summed E-state index contributed by atoms with van der Waals surface area (Å²) < 4.78 is 28.3. The number of rotatable bonds is 6. The standard InChI is InChI=1S/C21H25NO2S/c1-17-12-14-21(15-13-17)25(23,24)22(16-19-8-6-7-9-19)18(2)20-10-4-3-5-11-20/h3-5,8,10-15,18H,6-7,9,16H2,1-2H3/t18-/m1/s1. The Bertz CT molecular complexity index is 839. The molecule has 25 heavy (non-hydrogen) atoms. The summed E-state index contributed by atoms with van der Waals surface area (Å²) in [6.45, 7) is 4.40. The normalized spacial score (nSPS) is 16.0. The van der Waals surface area contributed by atoms with Crippen LogP contribution in [0.5, 0.6) is 0 Å². The maximum atomic E-state index is 13.3. The predicted molar refractivity (Wildman–Crippen MR) is 102 cm³/mol. The molecule has 2 aromatic carbocycles. The van der Waals surface area contributed by atoms with Crippen molar-refractivity contribution in [2.75, 3.05) is 6.54 Å². The predicted octanol–water partition coefficient (Wildman–Crippen LogP) is 4.86. The van der Waals surface area contributed by atoms with Crippen molar-refractivity contribution in [3.05, 3.63) is 77.4 Å². The van der Waals surface area contributed by atoms with E-state index in [1.54, 1.807) is 16.4 Å². The van der Waals surface area contributed by atoms with Crippen molar-refractivity contribution in [1.29, 1.82) is 0 Å². The largest absolute Gasteiger partial charge is 0.243 e. The minimum atomic E-state index is -3.56. The van der Waals surface area contributed by atoms with Gasteiger partial charge in [0.1, 0.15) is 0 Å². The van der Waals surface area contributed by atoms with Gasteiger partial charge in [0.05, 0.1) is 4.90 Å². The van der Waals surface area contributed by atoms with Crippen molar-refractivity contribution in [2.24, 2.45) is 0 Å². The topological polar surface area (TPSA) is 37.4 Å². The van der Waals surface area contributed by atoms with Gasteiger partial charge in [-0.15, -0.1) is 0 Å². The van der Waals surface area contributed by atoms with Crippen molar-refractivity contribution in [3.63, 3.8) is 0 Å². The molecule has 1 atom stereocenters. The molecular weight excluding hydrogens is 330 g/mol. The molecule has 0 saturated carbocycles. The highest BCUT2D eigenvalue weighted by molar-refractivity contribution is 7.89. The first-order chi connectivity index (χ1) is 12.0. The van der Waals surface area contributed by atoms with E-state index in [-0.39, 0.29) is 6.04 Å². The van der Waals surface area contributed by atoms with E-state index in [0.717, 1.165) is 30.4 Å². The van der Waals surface area contributed by atoms with Crippen molar-refractivity contribution in [3.8, 4) is 0 Å². The molecule has 0 N–H and O–H groups in total. The summed E-state index contributed by atoms with van der Waals surface area (Å²) in [5.74, 6) is 0. The summed E-state index contributed by atoms with van der Waals surface area (Å²) in [5.41, 5.74) is 3.29. The van der Waals surface area contributed by atoms with E-state index in [0.29, 0.717) is 11.4 Å². The van der Waals surface area contributed by atoms with Crippen LogP contribution in [0.1, 0.15) is 43.4 Å². The second kappa shape index (κ2) is 7.54. The summed E-state index contributed by atoms with van der Waals surface area (Å²) in [4.78, 5) is 0.361. The number of allylic oxidation sites excluding steroid dienone is 1. The number of hydrogen-bond donors (Lipinski definition) is 0. The highest BCUT2D eigenvalue weighted by Gasteiger charge is 2.30. The highest BCUT2D eigenvalue weighted by Crippen LogP contribution is 2.30. The van der Waals surface area contributed by atoms with Crippen LogP contribution in [0.15, 0.2) is 71.1 Å². The molecule has 3 rings (SSSR count). The van der Waals surface area contributed by atoms with Crippen molar-refractivity contribution in [1.82, 2.24) is 4.31 Å². The minimum Gasteiger partial charge on any atom is -0.207 e. The lowest BCUT2D eigenvalue weighted by molar-refractivity contribution is 0.362. The number of nitrogens with zero attached hydrogens (tertiary/aromatic N) is 1. The summed E-state index contributed by atoms with van der Waals surface area (Å²) >= 11 is 0. The number of benzene rings is 2. The molecule has 3 nitrogen and oxygen atoms in total. The van der Waals surface area contributed by atoms with Crippen LogP contribution in [0.3, 0.4) is 0 Å². The molecule has 0 saturated heterocycles. The third-order valence-electron chi connectivity index (χ3n) is 4.84. The summed E-state index contributed by atoms with van der Waals surface area (Å²) in [6, 6.07) is 16.8. The number of hydrogen-bond acceptors (Lipinski definition) is 2. The first kappa shape index (κ1) is 17.9. The molecule has 132 valence electrons. The Hall–Kier alpha value is -1.91. The van der Waals surface area contributed by atoms with Crippen LogP contribution in [-0.4, -0.2) is 19.3 Å². The Kier molecular flexibility index (Phi) is 5.40. The van der Waals surface area contributed by atoms with Crippen molar-refractivity contribution < 1.29 is 8.42 Å². The fourth-order valence-electron chi connectivity index (χ4n) is 3.25. The third-order valence-corrected chi connectivity index (χ3v) is 6.77. The van der Waals surface area contributed by atoms with Gasteiger partial charge in [-0.2, -0.15) is 4.31 Å². The van der Waals surface area contributed by atoms with Gasteiger partial charge in [-0.25, -0.2) is 8.42 Å². The average Bonchev–Trinajstić information content (AvgIpc) is 3.13. The van der Waals surface area contributed by atoms with Gasteiger partial charge in [0.2, 0.25) is 10.0 Å². The summed E-state index contributed by atoms with van der Waals surface area (Å²) in [7, 11) is -3.56. The molecule has 0 unspecified atom stereocenters. The first-order valence-electron chi connectivity index (χ1n) is 8.80. The molecule has 4 heteroatoms. The van der Waals surface area contributed by atoms with Crippen LogP contribution in [-0.2, 0) is 10.0 Å². The van der Waals surface area contributed by atoms with Gasteiger partial charge >= 0.3 is 0 Å². The molecule has 0 spiro atoms. The molecule has 1 aliphatic rings. The Morgan fingerprint density at radius 1 is 1.04 bits per heavy atom. The number of sulfonamides is 1. The smallest absolute Gasteiger partial charge is 0.207 e. The van der Waals surface area contributed by atoms with Crippen LogP contribution < -0.4 is 0 Å². The molecule has 0 radical (unpaired) electrons. The average molecular weight is 356 g/mol. The van der Waals surface area contributed by atoms with Gasteiger partial charge in [-0.05, 0) is 50.8 Å². The highest BCUT2D eigenvalue weighted by atomic mass is 32.2. The van der Waals surface area contributed by atoms with E-state index in [1.165, 1.54) is 5.57 Å². The number of aryl methyl sites for hydroxylation is 1. The molecular formula is C21H25NO2S. The molecule has 0 fully saturated rings. The molecule has 0 aliphatic heterocycles. The zero-order valence-electron chi connectivity index (χ0n) is 14.9. The lowest BCUT2D eigenvalue weighted by atomic mass is 10.1. The van der Waals surface area contributed by atoms with Crippen LogP contribution >= 0.6 is 0 Å². The maximum Gasteiger partial charge on any atom is 0.243 e. The quantitative estimate of drug-likeness (QED) is 0.694. The van der Waals surface area contributed by atoms with Gasteiger partial charge in [0, 0.05) is 12.6 Å². The van der Waals surface area contributed by atoms with Gasteiger partial charge in [0.15, 0.2) is 0 Å². The first-order valence-corrected chi connectivity index (χ1v) is 10.2. The van der Waals surface area contributed by atoms with Gasteiger partial charge in [-0.3, -0.25) is 0 Å². The van der Waals surface area contributed by atoms with Crippen LogP contribution in [0.2, 0.25) is 0 Å². The van der Waals surface area contributed by atoms with Crippen LogP contribution in [0, 0.1) is 6.92 Å². The van der Waals surface area contributed by atoms with Crippen LogP contribution in [0.25, 0.3) is 0 Å². The third kappa shape index (κ3) is 4.02. The second-order valence-electron chi connectivity index (χ2n) is 6.70. The zero-order valence-corrected chi connectivity index (χ0v) is 15.7. The molecule has 2 aromatic rings. The lowest BCUT2D eigenvalue weighted by Crippen LogP contribution is -2.35. The van der Waals surface area contributed by atoms with E-state index in [2.05, 4.69) is 6.08 Å². The molecule has 1 aliphatic carbocycles. The van der Waals surface area contributed by atoms with Crippen molar-refractivity contribution in [2.45, 2.75) is 44.0 Å². The minimum absolute atomic E-state index is 0.214. The monoisotopic (exact) mass is 355 g/mol. The van der Waals surface area contributed by atoms with E-state index in [4.69, 9.17) is 0 Å². The second-order valence-corrected chi connectivity index (χ2v) is 8.60. The molecule has 0 amide bonds. The Morgan fingerprint density at radius 2 is 1.72 bits per heavy atom. The SMILES string of the molecule is Cc1ccc(S(=O)(=O)N(CC2=CCCC2)[C@H](C)c2ccccc2)cc1. The molecule has 0 heterocycles. The molecule has 0 bridgehead atoms. The fourth-order valence-corrected chi connectivity index (χ4v) is 4.88. The zero-order chi connectivity index (χ0) is 17.9. The Morgan fingerprint density at radius 3 is 2.32 bits per heavy atom. The van der Waals surface area contributed by atoms with E-state index in [1.807, 2.05) is 56.3 Å². The van der Waals surface area contributed by atoms with E-state index >= 15 is 0 Å². The molecule has 0 aromatic heterocycles. The van der Waals surface area contributed by atoms with Gasteiger partial charge in [-0.1, -0.05) is 59.7 Å². The summed E-state index contributed by atoms with van der Waals surface area (Å²) in [6.07, 6.45) is 5.34.